The molecular weight excluding hydrogens is 280 g/mol. The molecule has 0 unspecified atom stereocenters. The van der Waals surface area contributed by atoms with E-state index < -0.39 is 0 Å². The normalized spacial score (nSPS) is 13.2. The van der Waals surface area contributed by atoms with Gasteiger partial charge in [0, 0.05) is 28.4 Å². The quantitative estimate of drug-likeness (QED) is 0.841. The molecule has 1 amide bonds. The molecule has 0 aromatic heterocycles. The van der Waals surface area contributed by atoms with E-state index in [1.165, 1.54) is 5.56 Å². The van der Waals surface area contributed by atoms with Crippen LogP contribution in [0.15, 0.2) is 47.4 Å². The lowest BCUT2D eigenvalue weighted by Crippen LogP contribution is -2.15. The maximum Gasteiger partial charge on any atom is 0.255 e. The molecule has 1 heterocycles. The first kappa shape index (κ1) is 14.0. The van der Waals surface area contributed by atoms with Gasteiger partial charge in [-0.25, -0.2) is 0 Å². The van der Waals surface area contributed by atoms with E-state index >= 15 is 0 Å². The molecule has 0 spiro atoms. The summed E-state index contributed by atoms with van der Waals surface area (Å²) in [6, 6.07) is 13.8. The van der Waals surface area contributed by atoms with Crippen LogP contribution in [0.3, 0.4) is 0 Å². The van der Waals surface area contributed by atoms with Gasteiger partial charge in [-0.05, 0) is 61.1 Å². The third kappa shape index (κ3) is 3.22. The molecule has 3 nitrogen and oxygen atoms in total. The number of benzene rings is 2. The summed E-state index contributed by atoms with van der Waals surface area (Å²) < 4.78 is 0. The molecule has 0 aliphatic carbocycles. The molecule has 0 bridgehead atoms. The number of nitrogens with one attached hydrogen (secondary N) is 2. The highest BCUT2D eigenvalue weighted by molar-refractivity contribution is 7.98. The summed E-state index contributed by atoms with van der Waals surface area (Å²) in [6.07, 6.45) is 4.18. The average molecular weight is 298 g/mol. The SMILES string of the molecule is CSc1cccc(NC(=O)c2ccc3c(c2)CCCN3)c1. The summed E-state index contributed by atoms with van der Waals surface area (Å²) in [7, 11) is 0. The summed E-state index contributed by atoms with van der Waals surface area (Å²) in [5, 5.41) is 6.33. The van der Waals surface area contributed by atoms with Crippen LogP contribution in [0.1, 0.15) is 22.3 Å². The predicted molar refractivity (Wildman–Crippen MR) is 89.4 cm³/mol. The maximum absolute atomic E-state index is 12.4. The summed E-state index contributed by atoms with van der Waals surface area (Å²) in [5.74, 6) is -0.0540. The Morgan fingerprint density at radius 2 is 2.14 bits per heavy atom. The zero-order valence-electron chi connectivity index (χ0n) is 12.0. The highest BCUT2D eigenvalue weighted by Crippen LogP contribution is 2.24. The number of carbonyl (C=O) groups excluding carboxylic acids is 1. The van der Waals surface area contributed by atoms with Crippen LogP contribution in [0.25, 0.3) is 0 Å². The van der Waals surface area contributed by atoms with Crippen molar-refractivity contribution in [2.75, 3.05) is 23.4 Å². The van der Waals surface area contributed by atoms with E-state index in [4.69, 9.17) is 0 Å². The fourth-order valence-corrected chi connectivity index (χ4v) is 2.98. The monoisotopic (exact) mass is 298 g/mol. The lowest BCUT2D eigenvalue weighted by atomic mass is 10.0. The van der Waals surface area contributed by atoms with Crippen molar-refractivity contribution < 1.29 is 4.79 Å². The molecule has 2 aromatic rings. The summed E-state index contributed by atoms with van der Waals surface area (Å²) in [5.41, 5.74) is 3.93. The largest absolute Gasteiger partial charge is 0.385 e. The molecular formula is C17H18N2OS. The summed E-state index contributed by atoms with van der Waals surface area (Å²) in [4.78, 5) is 13.5. The van der Waals surface area contributed by atoms with Gasteiger partial charge >= 0.3 is 0 Å². The van der Waals surface area contributed by atoms with Gasteiger partial charge in [0.15, 0.2) is 0 Å². The van der Waals surface area contributed by atoms with Crippen LogP contribution in [-0.2, 0) is 6.42 Å². The first-order valence-electron chi connectivity index (χ1n) is 7.08. The molecule has 21 heavy (non-hydrogen) atoms. The minimum Gasteiger partial charge on any atom is -0.385 e. The summed E-state index contributed by atoms with van der Waals surface area (Å²) in [6.45, 7) is 1.01. The molecule has 0 fully saturated rings. The molecule has 1 aliphatic rings. The van der Waals surface area contributed by atoms with Gasteiger partial charge in [0.05, 0.1) is 0 Å². The van der Waals surface area contributed by atoms with E-state index in [-0.39, 0.29) is 5.91 Å². The second-order valence-electron chi connectivity index (χ2n) is 5.09. The smallest absolute Gasteiger partial charge is 0.255 e. The molecule has 2 N–H and O–H groups in total. The van der Waals surface area contributed by atoms with Crippen LogP contribution in [0.5, 0.6) is 0 Å². The topological polar surface area (TPSA) is 41.1 Å². The zero-order valence-corrected chi connectivity index (χ0v) is 12.8. The van der Waals surface area contributed by atoms with Crippen LogP contribution < -0.4 is 10.6 Å². The van der Waals surface area contributed by atoms with E-state index in [9.17, 15) is 4.79 Å². The number of amides is 1. The fourth-order valence-electron chi connectivity index (χ4n) is 2.52. The number of thioether (sulfide) groups is 1. The first-order chi connectivity index (χ1) is 10.3. The highest BCUT2D eigenvalue weighted by Gasteiger charge is 2.12. The van der Waals surface area contributed by atoms with Crippen molar-refractivity contribution >= 4 is 29.0 Å². The van der Waals surface area contributed by atoms with Gasteiger partial charge in [-0.15, -0.1) is 11.8 Å². The highest BCUT2D eigenvalue weighted by atomic mass is 32.2. The average Bonchev–Trinajstić information content (AvgIpc) is 2.54. The number of hydrogen-bond donors (Lipinski definition) is 2. The molecule has 1 aliphatic heterocycles. The third-order valence-corrected chi connectivity index (χ3v) is 4.36. The zero-order chi connectivity index (χ0) is 14.7. The van der Waals surface area contributed by atoms with E-state index in [0.717, 1.165) is 35.7 Å². The van der Waals surface area contributed by atoms with E-state index in [0.29, 0.717) is 5.56 Å². The van der Waals surface area contributed by atoms with Crippen molar-refractivity contribution in [3.05, 3.63) is 53.6 Å². The molecule has 108 valence electrons. The van der Waals surface area contributed by atoms with Crippen molar-refractivity contribution in [1.29, 1.82) is 0 Å². The van der Waals surface area contributed by atoms with Gasteiger partial charge in [0.25, 0.3) is 5.91 Å². The van der Waals surface area contributed by atoms with Crippen LogP contribution in [0, 0.1) is 0 Å². The Kier molecular flexibility index (Phi) is 4.15. The van der Waals surface area contributed by atoms with Crippen molar-refractivity contribution in [1.82, 2.24) is 0 Å². The Hall–Kier alpha value is -1.94. The lowest BCUT2D eigenvalue weighted by molar-refractivity contribution is 0.102. The fraction of sp³-hybridized carbons (Fsp3) is 0.235. The van der Waals surface area contributed by atoms with Gasteiger partial charge in [-0.2, -0.15) is 0 Å². The standard InChI is InChI=1S/C17H18N2OS/c1-21-15-6-2-5-14(11-15)19-17(20)13-7-8-16-12(10-13)4-3-9-18-16/h2,5-8,10-11,18H,3-4,9H2,1H3,(H,19,20). The predicted octanol–water partition coefficient (Wildman–Crippen LogP) is 4.02. The molecule has 0 saturated carbocycles. The van der Waals surface area contributed by atoms with E-state index in [1.807, 2.05) is 48.7 Å². The van der Waals surface area contributed by atoms with Gasteiger partial charge in [0.1, 0.15) is 0 Å². The van der Waals surface area contributed by atoms with Crippen LogP contribution >= 0.6 is 11.8 Å². The van der Waals surface area contributed by atoms with Gasteiger partial charge in [-0.3, -0.25) is 4.79 Å². The molecule has 0 atom stereocenters. The number of anilines is 2. The second-order valence-corrected chi connectivity index (χ2v) is 5.97. The molecule has 0 radical (unpaired) electrons. The Labute approximate surface area is 129 Å². The first-order valence-corrected chi connectivity index (χ1v) is 8.31. The molecule has 3 rings (SSSR count). The molecule has 4 heteroatoms. The van der Waals surface area contributed by atoms with Crippen molar-refractivity contribution in [3.8, 4) is 0 Å². The molecule has 2 aromatic carbocycles. The van der Waals surface area contributed by atoms with Gasteiger partial charge in [0.2, 0.25) is 0 Å². The number of carbonyl (C=O) groups is 1. The van der Waals surface area contributed by atoms with E-state index in [2.05, 4.69) is 10.6 Å². The van der Waals surface area contributed by atoms with Crippen molar-refractivity contribution in [3.63, 3.8) is 0 Å². The van der Waals surface area contributed by atoms with Gasteiger partial charge in [-0.1, -0.05) is 6.07 Å². The minimum atomic E-state index is -0.0540. The minimum absolute atomic E-state index is 0.0540. The number of aryl methyl sites for hydroxylation is 1. The lowest BCUT2D eigenvalue weighted by Gasteiger charge is -2.18. The number of rotatable bonds is 3. The van der Waals surface area contributed by atoms with Gasteiger partial charge < -0.3 is 10.6 Å². The number of hydrogen-bond acceptors (Lipinski definition) is 3. The van der Waals surface area contributed by atoms with Crippen LogP contribution in [0.2, 0.25) is 0 Å². The van der Waals surface area contributed by atoms with E-state index in [1.54, 1.807) is 11.8 Å². The van der Waals surface area contributed by atoms with Crippen molar-refractivity contribution in [2.45, 2.75) is 17.7 Å². The summed E-state index contributed by atoms with van der Waals surface area (Å²) >= 11 is 1.66. The molecule has 0 saturated heterocycles. The number of fused-ring (bicyclic) bond motifs is 1. The third-order valence-electron chi connectivity index (χ3n) is 3.63. The Balaban J connectivity index is 1.78. The maximum atomic E-state index is 12.4. The van der Waals surface area contributed by atoms with Crippen LogP contribution in [0.4, 0.5) is 11.4 Å². The Morgan fingerprint density at radius 1 is 1.24 bits per heavy atom. The van der Waals surface area contributed by atoms with Crippen molar-refractivity contribution in [2.24, 2.45) is 0 Å². The second kappa shape index (κ2) is 6.22. The van der Waals surface area contributed by atoms with Crippen LogP contribution in [-0.4, -0.2) is 18.7 Å². The Bertz CT molecular complexity index is 670. The Morgan fingerprint density at radius 3 is 3.00 bits per heavy atom.